The fraction of sp³-hybridized carbons (Fsp3) is 0.368. The molecule has 0 bridgehead atoms. The number of nitrogens with zero attached hydrogens (tertiary/aromatic N) is 1. The highest BCUT2D eigenvalue weighted by molar-refractivity contribution is 7.89. The lowest BCUT2D eigenvalue weighted by Crippen LogP contribution is -2.46. The van der Waals surface area contributed by atoms with E-state index < -0.39 is 10.0 Å². The predicted molar refractivity (Wildman–Crippen MR) is 96.4 cm³/mol. The molecule has 5 nitrogen and oxygen atoms in total. The first kappa shape index (κ1) is 17.9. The number of aryl methyl sites for hydroxylation is 1. The van der Waals surface area contributed by atoms with Gasteiger partial charge in [-0.25, -0.2) is 8.42 Å². The Labute approximate surface area is 149 Å². The number of hydrogen-bond acceptors (Lipinski definition) is 4. The van der Waals surface area contributed by atoms with E-state index in [2.05, 4.69) is 0 Å². The fourth-order valence-corrected chi connectivity index (χ4v) is 4.73. The summed E-state index contributed by atoms with van der Waals surface area (Å²) in [6.45, 7) is 2.96. The Morgan fingerprint density at radius 1 is 1.20 bits per heavy atom. The Morgan fingerprint density at radius 2 is 1.96 bits per heavy atom. The summed E-state index contributed by atoms with van der Waals surface area (Å²) >= 11 is 0. The molecule has 0 unspecified atom stereocenters. The Balaban J connectivity index is 1.81. The van der Waals surface area contributed by atoms with E-state index in [1.807, 2.05) is 43.3 Å². The topological polar surface area (TPSA) is 55.8 Å². The molecule has 3 rings (SSSR count). The SMILES string of the molecule is COc1ccc(C)cc1S(=O)(=O)N1CCO[C@H](Cc2ccccc2)C1. The van der Waals surface area contributed by atoms with Crippen LogP contribution in [-0.2, 0) is 21.2 Å². The molecule has 0 aliphatic carbocycles. The molecule has 2 aromatic carbocycles. The van der Waals surface area contributed by atoms with Crippen LogP contribution in [0.3, 0.4) is 0 Å². The monoisotopic (exact) mass is 361 g/mol. The van der Waals surface area contributed by atoms with Gasteiger partial charge in [-0.3, -0.25) is 0 Å². The summed E-state index contributed by atoms with van der Waals surface area (Å²) < 4.78 is 38.8. The minimum Gasteiger partial charge on any atom is -0.495 e. The van der Waals surface area contributed by atoms with Crippen molar-refractivity contribution in [3.63, 3.8) is 0 Å². The summed E-state index contributed by atoms with van der Waals surface area (Å²) in [7, 11) is -2.14. The Kier molecular flexibility index (Phi) is 5.42. The molecule has 25 heavy (non-hydrogen) atoms. The molecular weight excluding hydrogens is 338 g/mol. The molecule has 1 saturated heterocycles. The van der Waals surface area contributed by atoms with Crippen molar-refractivity contribution in [2.45, 2.75) is 24.3 Å². The van der Waals surface area contributed by atoms with Crippen molar-refractivity contribution < 1.29 is 17.9 Å². The van der Waals surface area contributed by atoms with E-state index in [0.717, 1.165) is 11.1 Å². The van der Waals surface area contributed by atoms with E-state index in [9.17, 15) is 8.42 Å². The zero-order valence-electron chi connectivity index (χ0n) is 14.5. The van der Waals surface area contributed by atoms with Gasteiger partial charge in [0.1, 0.15) is 10.6 Å². The first-order valence-electron chi connectivity index (χ1n) is 8.31. The third-order valence-corrected chi connectivity index (χ3v) is 6.23. The van der Waals surface area contributed by atoms with Gasteiger partial charge >= 0.3 is 0 Å². The normalized spacial score (nSPS) is 18.9. The van der Waals surface area contributed by atoms with Crippen molar-refractivity contribution in [3.8, 4) is 5.75 Å². The predicted octanol–water partition coefficient (Wildman–Crippen LogP) is 2.64. The maximum absolute atomic E-state index is 13.1. The molecule has 6 heteroatoms. The van der Waals surface area contributed by atoms with Crippen molar-refractivity contribution in [2.75, 3.05) is 26.8 Å². The third kappa shape index (κ3) is 4.03. The van der Waals surface area contributed by atoms with Crippen molar-refractivity contribution in [2.24, 2.45) is 0 Å². The lowest BCUT2D eigenvalue weighted by Gasteiger charge is -2.32. The smallest absolute Gasteiger partial charge is 0.246 e. The average Bonchev–Trinajstić information content (AvgIpc) is 2.63. The van der Waals surface area contributed by atoms with Crippen molar-refractivity contribution in [3.05, 3.63) is 59.7 Å². The fourth-order valence-electron chi connectivity index (χ4n) is 3.04. The van der Waals surface area contributed by atoms with Gasteiger partial charge < -0.3 is 9.47 Å². The van der Waals surface area contributed by atoms with Crippen molar-refractivity contribution in [1.29, 1.82) is 0 Å². The van der Waals surface area contributed by atoms with Gasteiger partial charge in [-0.2, -0.15) is 4.31 Å². The van der Waals surface area contributed by atoms with Crippen LogP contribution in [-0.4, -0.2) is 45.6 Å². The van der Waals surface area contributed by atoms with E-state index in [1.165, 1.54) is 11.4 Å². The number of rotatable bonds is 5. The lowest BCUT2D eigenvalue weighted by molar-refractivity contribution is -0.000531. The van der Waals surface area contributed by atoms with Crippen LogP contribution >= 0.6 is 0 Å². The minimum absolute atomic E-state index is 0.151. The standard InChI is InChI=1S/C19H23NO4S/c1-15-8-9-18(23-2)19(12-15)25(21,22)20-10-11-24-17(14-20)13-16-6-4-3-5-7-16/h3-9,12,17H,10-11,13-14H2,1-2H3/t17-/m1/s1. The maximum Gasteiger partial charge on any atom is 0.246 e. The molecule has 0 spiro atoms. The summed E-state index contributed by atoms with van der Waals surface area (Å²) in [5.41, 5.74) is 2.02. The highest BCUT2D eigenvalue weighted by Gasteiger charge is 2.32. The molecule has 1 atom stereocenters. The molecule has 1 fully saturated rings. The summed E-state index contributed by atoms with van der Waals surface area (Å²) in [6.07, 6.45) is 0.541. The summed E-state index contributed by atoms with van der Waals surface area (Å²) in [4.78, 5) is 0.218. The second-order valence-corrected chi connectivity index (χ2v) is 8.11. The van der Waals surface area contributed by atoms with E-state index in [4.69, 9.17) is 9.47 Å². The van der Waals surface area contributed by atoms with Crippen LogP contribution in [0.15, 0.2) is 53.4 Å². The van der Waals surface area contributed by atoms with Gasteiger partial charge in [0.15, 0.2) is 0 Å². The van der Waals surface area contributed by atoms with Gasteiger partial charge in [0.05, 0.1) is 19.8 Å². The van der Waals surface area contributed by atoms with Gasteiger partial charge in [-0.15, -0.1) is 0 Å². The summed E-state index contributed by atoms with van der Waals surface area (Å²) in [5.74, 6) is 0.372. The van der Waals surface area contributed by atoms with Gasteiger partial charge in [0.2, 0.25) is 10.0 Å². The van der Waals surface area contributed by atoms with Crippen LogP contribution in [0.4, 0.5) is 0 Å². The summed E-state index contributed by atoms with van der Waals surface area (Å²) in [5, 5.41) is 0. The van der Waals surface area contributed by atoms with Gasteiger partial charge in [-0.05, 0) is 36.6 Å². The Morgan fingerprint density at radius 3 is 2.68 bits per heavy atom. The number of methoxy groups -OCH3 is 1. The van der Waals surface area contributed by atoms with Crippen LogP contribution in [0.5, 0.6) is 5.75 Å². The van der Waals surface area contributed by atoms with Crippen LogP contribution in [0, 0.1) is 6.92 Å². The third-order valence-electron chi connectivity index (χ3n) is 4.34. The van der Waals surface area contributed by atoms with Crippen molar-refractivity contribution in [1.82, 2.24) is 4.31 Å². The number of sulfonamides is 1. The molecule has 0 aromatic heterocycles. The van der Waals surface area contributed by atoms with Crippen LogP contribution in [0.25, 0.3) is 0 Å². The van der Waals surface area contributed by atoms with E-state index in [-0.39, 0.29) is 11.0 Å². The zero-order chi connectivity index (χ0) is 17.9. The number of ether oxygens (including phenoxy) is 2. The zero-order valence-corrected chi connectivity index (χ0v) is 15.3. The van der Waals surface area contributed by atoms with Crippen LogP contribution < -0.4 is 4.74 Å². The molecule has 134 valence electrons. The van der Waals surface area contributed by atoms with E-state index >= 15 is 0 Å². The quantitative estimate of drug-likeness (QED) is 0.822. The molecule has 1 aliphatic rings. The molecule has 0 radical (unpaired) electrons. The molecule has 0 saturated carbocycles. The first-order chi connectivity index (χ1) is 12.0. The van der Waals surface area contributed by atoms with E-state index in [1.54, 1.807) is 12.1 Å². The summed E-state index contributed by atoms with van der Waals surface area (Å²) in [6, 6.07) is 15.2. The minimum atomic E-state index is -3.62. The molecule has 0 amide bonds. The van der Waals surface area contributed by atoms with Gasteiger partial charge in [0.25, 0.3) is 0 Å². The lowest BCUT2D eigenvalue weighted by atomic mass is 10.1. The number of benzene rings is 2. The van der Waals surface area contributed by atoms with Crippen LogP contribution in [0.1, 0.15) is 11.1 Å². The number of hydrogen-bond donors (Lipinski definition) is 0. The first-order valence-corrected chi connectivity index (χ1v) is 9.75. The largest absolute Gasteiger partial charge is 0.495 e. The Bertz CT molecular complexity index is 821. The van der Waals surface area contributed by atoms with Crippen LogP contribution in [0.2, 0.25) is 0 Å². The molecule has 1 heterocycles. The highest BCUT2D eigenvalue weighted by Crippen LogP contribution is 2.29. The van der Waals surface area contributed by atoms with Gasteiger partial charge in [0, 0.05) is 13.1 Å². The van der Waals surface area contributed by atoms with Gasteiger partial charge in [-0.1, -0.05) is 36.4 Å². The molecule has 2 aromatic rings. The van der Waals surface area contributed by atoms with E-state index in [0.29, 0.717) is 31.9 Å². The Hall–Kier alpha value is -1.89. The average molecular weight is 361 g/mol. The molecule has 0 N–H and O–H groups in total. The second-order valence-electron chi connectivity index (χ2n) is 6.20. The van der Waals surface area contributed by atoms with Crippen molar-refractivity contribution >= 4 is 10.0 Å². The highest BCUT2D eigenvalue weighted by atomic mass is 32.2. The molecular formula is C19H23NO4S. The maximum atomic E-state index is 13.1. The second kappa shape index (κ2) is 7.56. The molecule has 1 aliphatic heterocycles. The number of morpholine rings is 1.